The summed E-state index contributed by atoms with van der Waals surface area (Å²) in [4.78, 5) is 4.55. The van der Waals surface area contributed by atoms with Crippen molar-refractivity contribution in [1.29, 1.82) is 5.26 Å². The van der Waals surface area contributed by atoms with E-state index in [1.807, 2.05) is 12.1 Å². The number of fused-ring (bicyclic) bond motifs is 1. The summed E-state index contributed by atoms with van der Waals surface area (Å²) in [5, 5.41) is 9.04. The summed E-state index contributed by atoms with van der Waals surface area (Å²) in [7, 11) is 0. The molecule has 2 atom stereocenters. The van der Waals surface area contributed by atoms with Gasteiger partial charge in [0.05, 0.1) is 40.7 Å². The molecular formula is C14H14ClN3O. The summed E-state index contributed by atoms with van der Waals surface area (Å²) in [6.45, 7) is 2.82. The van der Waals surface area contributed by atoms with Gasteiger partial charge in [-0.25, -0.2) is 4.98 Å². The molecule has 1 aliphatic rings. The van der Waals surface area contributed by atoms with E-state index in [1.165, 1.54) is 0 Å². The van der Waals surface area contributed by atoms with Crippen LogP contribution >= 0.6 is 11.6 Å². The number of nitrogens with zero attached hydrogens (tertiary/aromatic N) is 3. The summed E-state index contributed by atoms with van der Waals surface area (Å²) in [6.07, 6.45) is 1.10. The first-order chi connectivity index (χ1) is 9.24. The maximum Gasteiger partial charge on any atom is 0.125 e. The van der Waals surface area contributed by atoms with Gasteiger partial charge in [0.2, 0.25) is 0 Å². The van der Waals surface area contributed by atoms with E-state index in [2.05, 4.69) is 22.5 Å². The van der Waals surface area contributed by atoms with Crippen LogP contribution in [0, 0.1) is 11.3 Å². The van der Waals surface area contributed by atoms with Crippen molar-refractivity contribution in [1.82, 2.24) is 9.55 Å². The summed E-state index contributed by atoms with van der Waals surface area (Å²) < 4.78 is 7.78. The molecule has 5 heteroatoms. The lowest BCUT2D eigenvalue weighted by Gasteiger charge is -2.19. The second kappa shape index (κ2) is 4.84. The fourth-order valence-corrected chi connectivity index (χ4v) is 2.92. The van der Waals surface area contributed by atoms with Gasteiger partial charge in [-0.3, -0.25) is 0 Å². The van der Waals surface area contributed by atoms with Crippen LogP contribution in [0.15, 0.2) is 18.2 Å². The Balaban J connectivity index is 2.22. The molecule has 0 saturated carbocycles. The van der Waals surface area contributed by atoms with Crippen LogP contribution in [-0.4, -0.2) is 22.3 Å². The largest absolute Gasteiger partial charge is 0.376 e. The fourth-order valence-electron chi connectivity index (χ4n) is 2.74. The highest BCUT2D eigenvalue weighted by atomic mass is 35.5. The standard InChI is InChI=1S/C14H14ClN3O/c1-9-12(4-5-19-9)18-13-6-10(8-16)2-3-11(13)17-14(18)7-15/h2-3,6,9,12H,4-5,7H2,1H3. The zero-order chi connectivity index (χ0) is 13.4. The van der Waals surface area contributed by atoms with Gasteiger partial charge >= 0.3 is 0 Å². The third-order valence-electron chi connectivity index (χ3n) is 3.68. The van der Waals surface area contributed by atoms with Crippen molar-refractivity contribution >= 4 is 22.6 Å². The van der Waals surface area contributed by atoms with Crippen molar-refractivity contribution < 1.29 is 4.74 Å². The quantitative estimate of drug-likeness (QED) is 0.792. The first-order valence-corrected chi connectivity index (χ1v) is 6.86. The number of ether oxygens (including phenoxy) is 1. The molecule has 2 aromatic rings. The van der Waals surface area contributed by atoms with Crippen LogP contribution in [0.1, 0.15) is 30.8 Å². The molecule has 3 rings (SSSR count). The number of halogens is 1. The van der Waals surface area contributed by atoms with Crippen LogP contribution in [0.3, 0.4) is 0 Å². The maximum absolute atomic E-state index is 9.04. The average Bonchev–Trinajstić information content (AvgIpc) is 3.00. The normalized spacial score (nSPS) is 22.8. The van der Waals surface area contributed by atoms with E-state index in [9.17, 15) is 0 Å². The number of hydrogen-bond acceptors (Lipinski definition) is 3. The summed E-state index contributed by atoms with van der Waals surface area (Å²) in [5.41, 5.74) is 2.49. The lowest BCUT2D eigenvalue weighted by molar-refractivity contribution is 0.108. The van der Waals surface area contributed by atoms with Gasteiger partial charge in [-0.1, -0.05) is 0 Å². The monoisotopic (exact) mass is 275 g/mol. The molecule has 19 heavy (non-hydrogen) atoms. The van der Waals surface area contributed by atoms with E-state index in [0.29, 0.717) is 11.4 Å². The van der Waals surface area contributed by atoms with Crippen LogP contribution in [-0.2, 0) is 10.6 Å². The van der Waals surface area contributed by atoms with Gasteiger partial charge in [-0.2, -0.15) is 5.26 Å². The minimum Gasteiger partial charge on any atom is -0.376 e. The number of hydrogen-bond donors (Lipinski definition) is 0. The number of aromatic nitrogens is 2. The minimum absolute atomic E-state index is 0.144. The Morgan fingerprint density at radius 3 is 3.05 bits per heavy atom. The maximum atomic E-state index is 9.04. The molecule has 0 bridgehead atoms. The predicted octanol–water partition coefficient (Wildman–Crippen LogP) is 3.00. The van der Waals surface area contributed by atoms with Crippen LogP contribution in [0.5, 0.6) is 0 Å². The Labute approximate surface area is 116 Å². The zero-order valence-electron chi connectivity index (χ0n) is 10.6. The van der Waals surface area contributed by atoms with Crippen LogP contribution in [0.2, 0.25) is 0 Å². The first-order valence-electron chi connectivity index (χ1n) is 6.33. The number of benzene rings is 1. The van der Waals surface area contributed by atoms with Crippen molar-refractivity contribution in [2.75, 3.05) is 6.61 Å². The van der Waals surface area contributed by atoms with Gasteiger partial charge in [0.25, 0.3) is 0 Å². The highest BCUT2D eigenvalue weighted by Gasteiger charge is 2.29. The van der Waals surface area contributed by atoms with Crippen molar-refractivity contribution in [2.24, 2.45) is 0 Å². The molecule has 98 valence electrons. The molecule has 1 fully saturated rings. The summed E-state index contributed by atoms with van der Waals surface area (Å²) in [5.74, 6) is 1.20. The van der Waals surface area contributed by atoms with E-state index in [-0.39, 0.29) is 12.1 Å². The van der Waals surface area contributed by atoms with Gasteiger partial charge < -0.3 is 9.30 Å². The number of rotatable bonds is 2. The highest BCUT2D eigenvalue weighted by Crippen LogP contribution is 2.32. The van der Waals surface area contributed by atoms with Crippen molar-refractivity contribution in [3.63, 3.8) is 0 Å². The molecule has 1 saturated heterocycles. The molecule has 0 aliphatic carbocycles. The van der Waals surface area contributed by atoms with Crippen molar-refractivity contribution in [3.05, 3.63) is 29.6 Å². The third-order valence-corrected chi connectivity index (χ3v) is 3.92. The van der Waals surface area contributed by atoms with Crippen LogP contribution in [0.25, 0.3) is 11.0 Å². The van der Waals surface area contributed by atoms with Gasteiger partial charge in [-0.15, -0.1) is 11.6 Å². The molecule has 4 nitrogen and oxygen atoms in total. The molecule has 0 spiro atoms. The summed E-state index contributed by atoms with van der Waals surface area (Å²) >= 11 is 6.01. The van der Waals surface area contributed by atoms with Crippen LogP contribution < -0.4 is 0 Å². The van der Waals surface area contributed by atoms with E-state index in [4.69, 9.17) is 21.6 Å². The smallest absolute Gasteiger partial charge is 0.125 e. The van der Waals surface area contributed by atoms with E-state index in [0.717, 1.165) is 29.9 Å². The van der Waals surface area contributed by atoms with E-state index >= 15 is 0 Å². The Morgan fingerprint density at radius 1 is 1.58 bits per heavy atom. The molecule has 0 amide bonds. The molecule has 0 radical (unpaired) electrons. The molecule has 1 aromatic carbocycles. The molecule has 2 heterocycles. The zero-order valence-corrected chi connectivity index (χ0v) is 11.4. The Morgan fingerprint density at radius 2 is 2.42 bits per heavy atom. The number of imidazole rings is 1. The molecular weight excluding hydrogens is 262 g/mol. The van der Waals surface area contributed by atoms with Gasteiger partial charge in [0.1, 0.15) is 5.82 Å². The third kappa shape index (κ3) is 1.99. The molecule has 1 aromatic heterocycles. The van der Waals surface area contributed by atoms with Gasteiger partial charge in [0.15, 0.2) is 0 Å². The first kappa shape index (κ1) is 12.5. The van der Waals surface area contributed by atoms with Crippen LogP contribution in [0.4, 0.5) is 0 Å². The Kier molecular flexibility index (Phi) is 3.17. The Bertz CT molecular complexity index is 658. The Hall–Kier alpha value is -1.57. The fraction of sp³-hybridized carbons (Fsp3) is 0.429. The van der Waals surface area contributed by atoms with Crippen molar-refractivity contribution in [2.45, 2.75) is 31.4 Å². The topological polar surface area (TPSA) is 50.8 Å². The molecule has 1 aliphatic heterocycles. The minimum atomic E-state index is 0.144. The lowest BCUT2D eigenvalue weighted by Crippen LogP contribution is -2.18. The number of alkyl halides is 1. The van der Waals surface area contributed by atoms with Crippen molar-refractivity contribution in [3.8, 4) is 6.07 Å². The second-order valence-electron chi connectivity index (χ2n) is 4.78. The van der Waals surface area contributed by atoms with E-state index < -0.39 is 0 Å². The highest BCUT2D eigenvalue weighted by molar-refractivity contribution is 6.16. The molecule has 0 N–H and O–H groups in total. The molecule has 2 unspecified atom stereocenters. The number of nitriles is 1. The second-order valence-corrected chi connectivity index (χ2v) is 5.05. The summed E-state index contributed by atoms with van der Waals surface area (Å²) in [6, 6.07) is 7.95. The van der Waals surface area contributed by atoms with E-state index in [1.54, 1.807) is 6.07 Å². The SMILES string of the molecule is CC1OCCC1n1c(CCl)nc2ccc(C#N)cc21. The average molecular weight is 276 g/mol. The predicted molar refractivity (Wildman–Crippen MR) is 73.1 cm³/mol. The van der Waals surface area contributed by atoms with Gasteiger partial charge in [-0.05, 0) is 31.5 Å². The van der Waals surface area contributed by atoms with Gasteiger partial charge in [0, 0.05) is 6.61 Å². The lowest BCUT2D eigenvalue weighted by atomic mass is 10.1.